The number of carbonyl (C=O) groups excluding carboxylic acids is 1. The van der Waals surface area contributed by atoms with Gasteiger partial charge < -0.3 is 30.5 Å². The van der Waals surface area contributed by atoms with Gasteiger partial charge in [-0.25, -0.2) is 23.0 Å². The van der Waals surface area contributed by atoms with E-state index in [4.69, 9.17) is 14.6 Å². The molecular formula is C24H23F3N4O7S. The molecular weight excluding hydrogens is 545 g/mol. The number of pyridine rings is 1. The number of benzene rings is 2. The van der Waals surface area contributed by atoms with Crippen molar-refractivity contribution in [3.8, 4) is 17.2 Å². The molecule has 0 saturated heterocycles. The van der Waals surface area contributed by atoms with Crippen molar-refractivity contribution in [1.82, 2.24) is 15.6 Å². The second kappa shape index (κ2) is 12.4. The average molecular weight is 569 g/mol. The number of halogens is 3. The van der Waals surface area contributed by atoms with E-state index in [9.17, 15) is 31.2 Å². The van der Waals surface area contributed by atoms with Crippen LogP contribution in [-0.2, 0) is 16.4 Å². The van der Waals surface area contributed by atoms with E-state index >= 15 is 0 Å². The molecule has 1 heterocycles. The summed E-state index contributed by atoms with van der Waals surface area (Å²) in [5, 5.41) is 16.7. The summed E-state index contributed by atoms with van der Waals surface area (Å²) in [6.45, 7) is 0.487. The second-order valence-corrected chi connectivity index (χ2v) is 9.74. The number of alkyl halides is 3. The first-order valence-electron chi connectivity index (χ1n) is 11.1. The molecule has 0 radical (unpaired) electrons. The fourth-order valence-electron chi connectivity index (χ4n) is 3.05. The van der Waals surface area contributed by atoms with E-state index in [1.165, 1.54) is 18.3 Å². The van der Waals surface area contributed by atoms with Gasteiger partial charge in [-0.15, -0.1) is 0 Å². The number of hydrogen-bond donors (Lipinski definition) is 4. The highest BCUT2D eigenvalue weighted by atomic mass is 32.2. The molecule has 39 heavy (non-hydrogen) atoms. The van der Waals surface area contributed by atoms with Crippen LogP contribution in [0.2, 0.25) is 0 Å². The van der Waals surface area contributed by atoms with Gasteiger partial charge in [-0.05, 0) is 49.0 Å². The van der Waals surface area contributed by atoms with Crippen molar-refractivity contribution in [3.63, 3.8) is 0 Å². The molecule has 0 aliphatic rings. The Labute approximate surface area is 220 Å². The van der Waals surface area contributed by atoms with E-state index in [1.807, 2.05) is 0 Å². The maximum absolute atomic E-state index is 13.0. The minimum Gasteiger partial charge on any atom is -0.490 e. The maximum atomic E-state index is 13.0. The molecule has 3 aromatic rings. The molecule has 0 unspecified atom stereocenters. The molecule has 4 N–H and O–H groups in total. The maximum Gasteiger partial charge on any atom is 0.501 e. The van der Waals surface area contributed by atoms with Gasteiger partial charge in [0.1, 0.15) is 23.9 Å². The number of rotatable bonds is 11. The first kappa shape index (κ1) is 29.2. The van der Waals surface area contributed by atoms with Crippen molar-refractivity contribution in [2.75, 3.05) is 25.5 Å². The van der Waals surface area contributed by atoms with Gasteiger partial charge in [-0.1, -0.05) is 12.1 Å². The van der Waals surface area contributed by atoms with Crippen LogP contribution in [0.1, 0.15) is 16.1 Å². The highest BCUT2D eigenvalue weighted by molar-refractivity contribution is 7.92. The molecule has 0 saturated carbocycles. The van der Waals surface area contributed by atoms with Crippen LogP contribution < -0.4 is 25.4 Å². The van der Waals surface area contributed by atoms with Gasteiger partial charge in [0, 0.05) is 25.4 Å². The third-order valence-corrected chi connectivity index (χ3v) is 6.47. The number of urea groups is 1. The first-order chi connectivity index (χ1) is 18.4. The highest BCUT2D eigenvalue weighted by Gasteiger charge is 2.47. The van der Waals surface area contributed by atoms with Crippen LogP contribution in [0.25, 0.3) is 0 Å². The zero-order chi connectivity index (χ0) is 28.6. The van der Waals surface area contributed by atoms with E-state index in [1.54, 1.807) is 31.3 Å². The number of sulfone groups is 1. The molecule has 11 nitrogen and oxygen atoms in total. The summed E-state index contributed by atoms with van der Waals surface area (Å²) in [6, 6.07) is 10.8. The fraction of sp³-hybridized carbons (Fsp3) is 0.208. The molecule has 0 bridgehead atoms. The predicted molar refractivity (Wildman–Crippen MR) is 133 cm³/mol. The van der Waals surface area contributed by atoms with Crippen molar-refractivity contribution >= 4 is 27.5 Å². The molecule has 1 aromatic heterocycles. The van der Waals surface area contributed by atoms with Gasteiger partial charge >= 0.3 is 17.5 Å². The lowest BCUT2D eigenvalue weighted by Gasteiger charge is -2.15. The van der Waals surface area contributed by atoms with E-state index in [-0.39, 0.29) is 36.0 Å². The highest BCUT2D eigenvalue weighted by Crippen LogP contribution is 2.34. The Kier molecular flexibility index (Phi) is 9.32. The fourth-order valence-corrected chi connectivity index (χ4v) is 3.84. The van der Waals surface area contributed by atoms with Gasteiger partial charge in [-0.2, -0.15) is 13.2 Å². The number of amides is 2. The van der Waals surface area contributed by atoms with E-state index in [0.717, 1.165) is 12.1 Å². The average Bonchev–Trinajstić information content (AvgIpc) is 2.88. The van der Waals surface area contributed by atoms with E-state index < -0.39 is 32.2 Å². The molecule has 2 amide bonds. The topological polar surface area (TPSA) is 156 Å². The summed E-state index contributed by atoms with van der Waals surface area (Å²) in [4.78, 5) is 26.2. The Bertz CT molecular complexity index is 1430. The monoisotopic (exact) mass is 568 g/mol. The molecule has 3 rings (SSSR count). The quantitative estimate of drug-likeness (QED) is 0.253. The smallest absolute Gasteiger partial charge is 0.490 e. The zero-order valence-electron chi connectivity index (χ0n) is 20.3. The number of anilines is 1. The number of nitrogens with one attached hydrogen (secondary N) is 3. The number of likely N-dealkylation sites (N-methyl/N-ethyl adjacent to an activating group) is 1. The standard InChI is InChI=1S/C24H23F3N4O7S/c1-28-10-11-37-21-7-6-18(39(35,36)24(25,26)27)13-19(21)31-23(34)30-14-15-2-4-16(5-3-15)38-17-8-9-29-20(12-17)22(32)33/h2-9,12-13,28H,10-11,14H2,1H3,(H,32,33)(H2,30,31,34). The molecule has 0 spiro atoms. The summed E-state index contributed by atoms with van der Waals surface area (Å²) in [6.07, 6.45) is 1.29. The summed E-state index contributed by atoms with van der Waals surface area (Å²) in [5.41, 5.74) is -5.35. The molecule has 0 aliphatic carbocycles. The Balaban J connectivity index is 1.67. The number of ether oxygens (including phenoxy) is 2. The van der Waals surface area contributed by atoms with E-state index in [0.29, 0.717) is 23.9 Å². The van der Waals surface area contributed by atoms with E-state index in [2.05, 4.69) is 20.9 Å². The lowest BCUT2D eigenvalue weighted by atomic mass is 10.2. The van der Waals surface area contributed by atoms with Crippen LogP contribution in [0.5, 0.6) is 17.2 Å². The third kappa shape index (κ3) is 7.81. The molecule has 0 atom stereocenters. The van der Waals surface area contributed by atoms with Gasteiger partial charge in [0.05, 0.1) is 10.6 Å². The Hall–Kier alpha value is -4.37. The summed E-state index contributed by atoms with van der Waals surface area (Å²) < 4.78 is 73.7. The number of aromatic carboxylic acids is 1. The number of carboxylic acid groups (broad SMARTS) is 1. The normalized spacial score (nSPS) is 11.5. The Morgan fingerprint density at radius 1 is 1.03 bits per heavy atom. The summed E-state index contributed by atoms with van der Waals surface area (Å²) >= 11 is 0. The Morgan fingerprint density at radius 3 is 2.38 bits per heavy atom. The molecule has 0 fully saturated rings. The number of hydrogen-bond acceptors (Lipinski definition) is 8. The number of carbonyl (C=O) groups is 2. The van der Waals surface area contributed by atoms with Crippen LogP contribution in [0, 0.1) is 0 Å². The van der Waals surface area contributed by atoms with Crippen molar-refractivity contribution < 1.29 is 45.8 Å². The molecule has 208 valence electrons. The number of carboxylic acids is 1. The minimum absolute atomic E-state index is 0.00101. The van der Waals surface area contributed by atoms with Gasteiger partial charge in [-0.3, -0.25) is 0 Å². The Morgan fingerprint density at radius 2 is 1.74 bits per heavy atom. The van der Waals surface area contributed by atoms with Crippen molar-refractivity contribution in [2.24, 2.45) is 0 Å². The van der Waals surface area contributed by atoms with Crippen LogP contribution in [0.3, 0.4) is 0 Å². The third-order valence-electron chi connectivity index (χ3n) is 4.99. The number of nitrogens with zero attached hydrogens (tertiary/aromatic N) is 1. The zero-order valence-corrected chi connectivity index (χ0v) is 21.1. The van der Waals surface area contributed by atoms with Gasteiger partial charge in [0.2, 0.25) is 0 Å². The predicted octanol–water partition coefficient (Wildman–Crippen LogP) is 3.79. The first-order valence-corrected chi connectivity index (χ1v) is 12.6. The lowest BCUT2D eigenvalue weighted by molar-refractivity contribution is -0.0436. The largest absolute Gasteiger partial charge is 0.501 e. The summed E-state index contributed by atoms with van der Waals surface area (Å²) in [5.74, 6) is -0.581. The van der Waals surface area contributed by atoms with Crippen LogP contribution in [0.4, 0.5) is 23.7 Å². The molecule has 0 aliphatic heterocycles. The van der Waals surface area contributed by atoms with Crippen molar-refractivity contribution in [3.05, 3.63) is 72.1 Å². The van der Waals surface area contributed by atoms with Gasteiger partial charge in [0.25, 0.3) is 9.84 Å². The lowest BCUT2D eigenvalue weighted by Crippen LogP contribution is -2.29. The van der Waals surface area contributed by atoms with Gasteiger partial charge in [0.15, 0.2) is 5.69 Å². The van der Waals surface area contributed by atoms with Crippen molar-refractivity contribution in [2.45, 2.75) is 16.9 Å². The SMILES string of the molecule is CNCCOc1ccc(S(=O)(=O)C(F)(F)F)cc1NC(=O)NCc1ccc(Oc2ccnc(C(=O)O)c2)cc1. The summed E-state index contributed by atoms with van der Waals surface area (Å²) in [7, 11) is -3.99. The van der Waals surface area contributed by atoms with Crippen molar-refractivity contribution in [1.29, 1.82) is 0 Å². The van der Waals surface area contributed by atoms with Crippen LogP contribution >= 0.6 is 0 Å². The molecule has 2 aromatic carbocycles. The second-order valence-electron chi connectivity index (χ2n) is 7.79. The number of aromatic nitrogens is 1. The molecule has 15 heteroatoms. The minimum atomic E-state index is -5.65. The van der Waals surface area contributed by atoms with Crippen LogP contribution in [0.15, 0.2) is 65.7 Å². The van der Waals surface area contributed by atoms with Crippen LogP contribution in [-0.4, -0.2) is 56.2 Å².